The second kappa shape index (κ2) is 6.08. The van der Waals surface area contributed by atoms with Gasteiger partial charge in [0, 0.05) is 19.2 Å². The van der Waals surface area contributed by atoms with Crippen LogP contribution in [0.15, 0.2) is 35.1 Å². The number of nitrogens with one attached hydrogen (secondary N) is 1. The molecule has 0 spiro atoms. The predicted octanol–water partition coefficient (Wildman–Crippen LogP) is 1.05. The summed E-state index contributed by atoms with van der Waals surface area (Å²) in [5, 5.41) is 6.56. The van der Waals surface area contributed by atoms with E-state index in [2.05, 4.69) is 10.4 Å². The summed E-state index contributed by atoms with van der Waals surface area (Å²) in [6, 6.07) is 7.69. The Kier molecular flexibility index (Phi) is 4.22. The molecular weight excluding hydrogens is 274 g/mol. The second-order valence-corrected chi connectivity index (χ2v) is 4.20. The van der Waals surface area contributed by atoms with Crippen LogP contribution in [0.3, 0.4) is 0 Å². The molecule has 1 aromatic heterocycles. The van der Waals surface area contributed by atoms with Gasteiger partial charge >= 0.3 is 0 Å². The topological polar surface area (TPSA) is 82.5 Å². The second-order valence-electron chi connectivity index (χ2n) is 4.20. The number of benzene rings is 1. The highest BCUT2D eigenvalue weighted by atomic mass is 16.5. The van der Waals surface area contributed by atoms with E-state index in [4.69, 9.17) is 9.47 Å². The van der Waals surface area contributed by atoms with Gasteiger partial charge in [0.05, 0.1) is 19.9 Å². The number of methoxy groups -OCH3 is 2. The Morgan fingerprint density at radius 3 is 2.57 bits per heavy atom. The summed E-state index contributed by atoms with van der Waals surface area (Å²) in [6.07, 6.45) is 0. The standard InChI is InChI=1S/C14H15N3O4/c1-17-13(18)7-5-10(16-17)14(19)15-11-8-9(20-2)4-6-12(11)21-3/h4-8H,1-3H3,(H,15,19). The number of rotatable bonds is 4. The first-order chi connectivity index (χ1) is 10.0. The van der Waals surface area contributed by atoms with Crippen molar-refractivity contribution in [2.75, 3.05) is 19.5 Å². The van der Waals surface area contributed by atoms with Crippen molar-refractivity contribution in [3.63, 3.8) is 0 Å². The fourth-order valence-corrected chi connectivity index (χ4v) is 1.72. The molecule has 0 fully saturated rings. The molecule has 0 unspecified atom stereocenters. The van der Waals surface area contributed by atoms with E-state index in [1.807, 2.05) is 0 Å². The van der Waals surface area contributed by atoms with Crippen molar-refractivity contribution in [2.45, 2.75) is 0 Å². The molecule has 0 saturated carbocycles. The monoisotopic (exact) mass is 289 g/mol. The molecule has 0 atom stereocenters. The number of carbonyl (C=O) groups is 1. The minimum atomic E-state index is -0.447. The van der Waals surface area contributed by atoms with Gasteiger partial charge in [-0.25, -0.2) is 4.68 Å². The van der Waals surface area contributed by atoms with E-state index in [-0.39, 0.29) is 11.3 Å². The lowest BCUT2D eigenvalue weighted by Crippen LogP contribution is -2.23. The quantitative estimate of drug-likeness (QED) is 0.909. The molecule has 7 heteroatoms. The smallest absolute Gasteiger partial charge is 0.276 e. The maximum Gasteiger partial charge on any atom is 0.276 e. The largest absolute Gasteiger partial charge is 0.497 e. The summed E-state index contributed by atoms with van der Waals surface area (Å²) >= 11 is 0. The van der Waals surface area contributed by atoms with Gasteiger partial charge in [-0.15, -0.1) is 0 Å². The van der Waals surface area contributed by atoms with Crippen LogP contribution < -0.4 is 20.3 Å². The van der Waals surface area contributed by atoms with Crippen molar-refractivity contribution in [3.05, 3.63) is 46.4 Å². The van der Waals surface area contributed by atoms with E-state index in [9.17, 15) is 9.59 Å². The van der Waals surface area contributed by atoms with Crippen LogP contribution in [0.4, 0.5) is 5.69 Å². The third-order valence-electron chi connectivity index (χ3n) is 2.85. The van der Waals surface area contributed by atoms with Gasteiger partial charge in [0.15, 0.2) is 0 Å². The molecule has 0 aliphatic heterocycles. The highest BCUT2D eigenvalue weighted by Gasteiger charge is 2.12. The number of hydrogen-bond acceptors (Lipinski definition) is 5. The maximum absolute atomic E-state index is 12.2. The average Bonchev–Trinajstić information content (AvgIpc) is 2.49. The highest BCUT2D eigenvalue weighted by Crippen LogP contribution is 2.29. The highest BCUT2D eigenvalue weighted by molar-refractivity contribution is 6.03. The van der Waals surface area contributed by atoms with Crippen LogP contribution in [-0.2, 0) is 7.05 Å². The van der Waals surface area contributed by atoms with E-state index in [0.717, 1.165) is 4.68 Å². The molecule has 1 heterocycles. The summed E-state index contributed by atoms with van der Waals surface area (Å²) in [7, 11) is 4.51. The molecule has 0 aliphatic carbocycles. The number of carbonyl (C=O) groups excluding carboxylic acids is 1. The van der Waals surface area contributed by atoms with Crippen molar-refractivity contribution >= 4 is 11.6 Å². The van der Waals surface area contributed by atoms with Crippen molar-refractivity contribution < 1.29 is 14.3 Å². The molecule has 2 rings (SSSR count). The minimum absolute atomic E-state index is 0.127. The molecule has 0 aliphatic rings. The van der Waals surface area contributed by atoms with E-state index >= 15 is 0 Å². The summed E-state index contributed by atoms with van der Waals surface area (Å²) in [5.41, 5.74) is 0.296. The number of hydrogen-bond donors (Lipinski definition) is 1. The zero-order chi connectivity index (χ0) is 15.4. The Hall–Kier alpha value is -2.83. The molecule has 1 aromatic carbocycles. The lowest BCUT2D eigenvalue weighted by atomic mass is 10.2. The van der Waals surface area contributed by atoms with Crippen molar-refractivity contribution in [3.8, 4) is 11.5 Å². The first-order valence-electron chi connectivity index (χ1n) is 6.13. The van der Waals surface area contributed by atoms with Crippen LogP contribution in [0.5, 0.6) is 11.5 Å². The van der Waals surface area contributed by atoms with Gasteiger partial charge in [-0.05, 0) is 18.2 Å². The number of nitrogens with zero attached hydrogens (tertiary/aromatic N) is 2. The Labute approximate surface area is 121 Å². The lowest BCUT2D eigenvalue weighted by Gasteiger charge is -2.11. The van der Waals surface area contributed by atoms with Crippen LogP contribution in [-0.4, -0.2) is 29.9 Å². The van der Waals surface area contributed by atoms with Gasteiger partial charge in [-0.2, -0.15) is 5.10 Å². The van der Waals surface area contributed by atoms with Gasteiger partial charge in [0.25, 0.3) is 11.5 Å². The summed E-state index contributed by atoms with van der Waals surface area (Å²) in [5.74, 6) is 0.630. The van der Waals surface area contributed by atoms with Gasteiger partial charge in [-0.1, -0.05) is 0 Å². The minimum Gasteiger partial charge on any atom is -0.497 e. The van der Waals surface area contributed by atoms with Crippen molar-refractivity contribution in [1.82, 2.24) is 9.78 Å². The average molecular weight is 289 g/mol. The molecular formula is C14H15N3O4. The predicted molar refractivity (Wildman–Crippen MR) is 77.0 cm³/mol. The Morgan fingerprint density at radius 1 is 1.19 bits per heavy atom. The Bertz CT molecular complexity index is 724. The molecule has 1 N–H and O–H groups in total. The number of ether oxygens (including phenoxy) is 2. The molecule has 1 amide bonds. The van der Waals surface area contributed by atoms with Gasteiger partial charge < -0.3 is 14.8 Å². The Morgan fingerprint density at radius 2 is 1.95 bits per heavy atom. The summed E-state index contributed by atoms with van der Waals surface area (Å²) in [6.45, 7) is 0. The first kappa shape index (κ1) is 14.6. The molecule has 0 radical (unpaired) electrons. The van der Waals surface area contributed by atoms with E-state index < -0.39 is 5.91 Å². The van der Waals surface area contributed by atoms with Crippen molar-refractivity contribution in [2.24, 2.45) is 7.05 Å². The van der Waals surface area contributed by atoms with E-state index in [0.29, 0.717) is 17.2 Å². The van der Waals surface area contributed by atoms with E-state index in [1.54, 1.807) is 18.2 Å². The van der Waals surface area contributed by atoms with E-state index in [1.165, 1.54) is 33.4 Å². The summed E-state index contributed by atoms with van der Waals surface area (Å²) in [4.78, 5) is 23.4. The first-order valence-corrected chi connectivity index (χ1v) is 6.13. The van der Waals surface area contributed by atoms with Crippen LogP contribution in [0.1, 0.15) is 10.5 Å². The molecule has 0 bridgehead atoms. The lowest BCUT2D eigenvalue weighted by molar-refractivity contribution is 0.101. The van der Waals surface area contributed by atoms with Gasteiger partial charge in [0.2, 0.25) is 0 Å². The third kappa shape index (κ3) is 3.19. The van der Waals surface area contributed by atoms with Crippen LogP contribution >= 0.6 is 0 Å². The molecule has 2 aromatic rings. The normalized spacial score (nSPS) is 10.0. The zero-order valence-corrected chi connectivity index (χ0v) is 11.9. The van der Waals surface area contributed by atoms with Crippen molar-refractivity contribution in [1.29, 1.82) is 0 Å². The molecule has 21 heavy (non-hydrogen) atoms. The summed E-state index contributed by atoms with van der Waals surface area (Å²) < 4.78 is 11.4. The number of anilines is 1. The zero-order valence-electron chi connectivity index (χ0n) is 11.9. The van der Waals surface area contributed by atoms with Gasteiger partial charge in [0.1, 0.15) is 17.2 Å². The fourth-order valence-electron chi connectivity index (χ4n) is 1.72. The van der Waals surface area contributed by atoms with Crippen LogP contribution in [0.2, 0.25) is 0 Å². The Balaban J connectivity index is 2.30. The number of aryl methyl sites for hydroxylation is 1. The number of amides is 1. The SMILES string of the molecule is COc1ccc(OC)c(NC(=O)c2ccc(=O)n(C)n2)c1. The maximum atomic E-state index is 12.2. The molecule has 110 valence electrons. The van der Waals surface area contributed by atoms with Crippen LogP contribution in [0.25, 0.3) is 0 Å². The fraction of sp³-hybridized carbons (Fsp3) is 0.214. The molecule has 7 nitrogen and oxygen atoms in total. The van der Waals surface area contributed by atoms with Gasteiger partial charge in [-0.3, -0.25) is 9.59 Å². The number of aromatic nitrogens is 2. The van der Waals surface area contributed by atoms with Crippen LogP contribution in [0, 0.1) is 0 Å². The molecule has 0 saturated heterocycles. The third-order valence-corrected chi connectivity index (χ3v) is 2.85.